The highest BCUT2D eigenvalue weighted by Gasteiger charge is 2.62. The molecule has 0 aliphatic heterocycles. The van der Waals surface area contributed by atoms with Crippen molar-refractivity contribution in [2.24, 2.45) is 11.8 Å². The SMILES string of the molecule is COC1(OC)CC2C(Cl)C(O)CC21. The van der Waals surface area contributed by atoms with Crippen molar-refractivity contribution in [2.45, 2.75) is 30.1 Å². The first-order valence-corrected chi connectivity index (χ1v) is 5.00. The zero-order chi connectivity index (χ0) is 9.64. The fourth-order valence-corrected chi connectivity index (χ4v) is 3.07. The first kappa shape index (κ1) is 9.71. The second-order valence-corrected chi connectivity index (χ2v) is 4.45. The summed E-state index contributed by atoms with van der Waals surface area (Å²) < 4.78 is 10.7. The number of halogens is 1. The summed E-state index contributed by atoms with van der Waals surface area (Å²) >= 11 is 6.04. The van der Waals surface area contributed by atoms with Gasteiger partial charge in [-0.3, -0.25) is 0 Å². The lowest BCUT2D eigenvalue weighted by molar-refractivity contribution is -0.303. The highest BCUT2D eigenvalue weighted by molar-refractivity contribution is 6.21. The van der Waals surface area contributed by atoms with Crippen LogP contribution in [0.1, 0.15) is 12.8 Å². The van der Waals surface area contributed by atoms with E-state index < -0.39 is 11.9 Å². The molecule has 3 nitrogen and oxygen atoms in total. The van der Waals surface area contributed by atoms with Gasteiger partial charge in [0.25, 0.3) is 0 Å². The van der Waals surface area contributed by atoms with Crippen LogP contribution in [-0.4, -0.2) is 36.6 Å². The van der Waals surface area contributed by atoms with Crippen molar-refractivity contribution in [1.29, 1.82) is 0 Å². The first-order chi connectivity index (χ1) is 6.14. The van der Waals surface area contributed by atoms with Crippen LogP contribution in [0, 0.1) is 11.8 Å². The van der Waals surface area contributed by atoms with Crippen molar-refractivity contribution >= 4 is 11.6 Å². The van der Waals surface area contributed by atoms with Crippen LogP contribution in [0.25, 0.3) is 0 Å². The third-order valence-electron chi connectivity index (χ3n) is 3.57. The van der Waals surface area contributed by atoms with E-state index in [2.05, 4.69) is 0 Å². The van der Waals surface area contributed by atoms with Gasteiger partial charge in [0.2, 0.25) is 0 Å². The van der Waals surface area contributed by atoms with E-state index in [4.69, 9.17) is 21.1 Å². The largest absolute Gasteiger partial charge is 0.392 e. The number of alkyl halides is 1. The van der Waals surface area contributed by atoms with E-state index >= 15 is 0 Å². The van der Waals surface area contributed by atoms with Gasteiger partial charge in [-0.15, -0.1) is 11.6 Å². The molecule has 0 aromatic heterocycles. The predicted octanol–water partition coefficient (Wildman–Crippen LogP) is 0.984. The molecule has 0 heterocycles. The van der Waals surface area contributed by atoms with E-state index in [9.17, 15) is 5.11 Å². The number of hydrogen-bond donors (Lipinski definition) is 1. The molecule has 2 aliphatic carbocycles. The molecule has 13 heavy (non-hydrogen) atoms. The number of aliphatic hydroxyl groups excluding tert-OH is 1. The normalized spacial score (nSPS) is 47.1. The van der Waals surface area contributed by atoms with Crippen molar-refractivity contribution in [3.63, 3.8) is 0 Å². The molecule has 0 radical (unpaired) electrons. The lowest BCUT2D eigenvalue weighted by atomic mass is 9.70. The van der Waals surface area contributed by atoms with Crippen LogP contribution >= 0.6 is 11.6 Å². The van der Waals surface area contributed by atoms with Gasteiger partial charge in [-0.25, -0.2) is 0 Å². The maximum absolute atomic E-state index is 9.56. The molecule has 2 fully saturated rings. The second-order valence-electron chi connectivity index (χ2n) is 3.94. The summed E-state index contributed by atoms with van der Waals surface area (Å²) in [6, 6.07) is 0. The molecular weight excluding hydrogens is 192 g/mol. The molecule has 0 aromatic rings. The van der Waals surface area contributed by atoms with Crippen molar-refractivity contribution < 1.29 is 14.6 Å². The molecule has 76 valence electrons. The summed E-state index contributed by atoms with van der Waals surface area (Å²) in [7, 11) is 3.29. The van der Waals surface area contributed by atoms with Gasteiger partial charge in [-0.1, -0.05) is 0 Å². The van der Waals surface area contributed by atoms with E-state index in [1.807, 2.05) is 0 Å². The van der Waals surface area contributed by atoms with Gasteiger partial charge in [0.15, 0.2) is 5.79 Å². The Bertz CT molecular complexity index is 205. The molecule has 2 aliphatic rings. The van der Waals surface area contributed by atoms with Gasteiger partial charge in [0, 0.05) is 26.6 Å². The maximum atomic E-state index is 9.56. The number of methoxy groups -OCH3 is 2. The van der Waals surface area contributed by atoms with Gasteiger partial charge in [0.1, 0.15) is 0 Å². The molecule has 2 saturated carbocycles. The third kappa shape index (κ3) is 1.14. The Morgan fingerprint density at radius 2 is 2.00 bits per heavy atom. The zero-order valence-electron chi connectivity index (χ0n) is 7.87. The van der Waals surface area contributed by atoms with Crippen molar-refractivity contribution in [3.8, 4) is 0 Å². The van der Waals surface area contributed by atoms with Crippen LogP contribution in [-0.2, 0) is 9.47 Å². The summed E-state index contributed by atoms with van der Waals surface area (Å²) in [5, 5.41) is 9.44. The average molecular weight is 207 g/mol. The second kappa shape index (κ2) is 3.09. The molecule has 4 unspecified atom stereocenters. The zero-order valence-corrected chi connectivity index (χ0v) is 8.62. The highest BCUT2D eigenvalue weighted by Crippen LogP contribution is 2.57. The van der Waals surface area contributed by atoms with Gasteiger partial charge >= 0.3 is 0 Å². The monoisotopic (exact) mass is 206 g/mol. The number of aliphatic hydroxyl groups is 1. The van der Waals surface area contributed by atoms with E-state index in [0.29, 0.717) is 12.3 Å². The smallest absolute Gasteiger partial charge is 0.171 e. The molecule has 0 aromatic carbocycles. The van der Waals surface area contributed by atoms with Crippen LogP contribution in [0.4, 0.5) is 0 Å². The van der Waals surface area contributed by atoms with E-state index in [1.54, 1.807) is 14.2 Å². The molecule has 0 spiro atoms. The summed E-state index contributed by atoms with van der Waals surface area (Å²) in [5.74, 6) is 0.145. The Morgan fingerprint density at radius 1 is 1.38 bits per heavy atom. The maximum Gasteiger partial charge on any atom is 0.171 e. The molecule has 2 rings (SSSR count). The number of rotatable bonds is 2. The summed E-state index contributed by atoms with van der Waals surface area (Å²) in [5.41, 5.74) is 0. The van der Waals surface area contributed by atoms with Crippen LogP contribution < -0.4 is 0 Å². The summed E-state index contributed by atoms with van der Waals surface area (Å²) in [6.07, 6.45) is 1.10. The minimum absolute atomic E-state index is 0.122. The number of fused-ring (bicyclic) bond motifs is 1. The molecular formula is C9H15ClO3. The molecule has 0 saturated heterocycles. The van der Waals surface area contributed by atoms with E-state index in [1.165, 1.54) is 0 Å². The quantitative estimate of drug-likeness (QED) is 0.541. The molecule has 0 bridgehead atoms. The fourth-order valence-electron chi connectivity index (χ4n) is 2.70. The van der Waals surface area contributed by atoms with Crippen LogP contribution in [0.5, 0.6) is 0 Å². The van der Waals surface area contributed by atoms with E-state index in [0.717, 1.165) is 6.42 Å². The van der Waals surface area contributed by atoms with Crippen molar-refractivity contribution in [3.05, 3.63) is 0 Å². The Hall–Kier alpha value is 0.170. The Labute approximate surface area is 83.0 Å². The van der Waals surface area contributed by atoms with Gasteiger partial charge in [-0.2, -0.15) is 0 Å². The predicted molar refractivity (Wildman–Crippen MR) is 48.6 cm³/mol. The van der Waals surface area contributed by atoms with Gasteiger partial charge in [0.05, 0.1) is 11.5 Å². The topological polar surface area (TPSA) is 38.7 Å². The summed E-state index contributed by atoms with van der Waals surface area (Å²) in [4.78, 5) is 0. The Balaban J connectivity index is 2.10. The van der Waals surface area contributed by atoms with Crippen molar-refractivity contribution in [1.82, 2.24) is 0 Å². The lowest BCUT2D eigenvalue weighted by Crippen LogP contribution is -2.56. The van der Waals surface area contributed by atoms with Crippen LogP contribution in [0.3, 0.4) is 0 Å². The van der Waals surface area contributed by atoms with Crippen LogP contribution in [0.2, 0.25) is 0 Å². The molecule has 4 atom stereocenters. The Kier molecular flexibility index (Phi) is 2.31. The molecule has 1 N–H and O–H groups in total. The highest BCUT2D eigenvalue weighted by atomic mass is 35.5. The standard InChI is InChI=1S/C9H15ClO3/c1-12-9(13-2)4-5-6(9)3-7(11)8(5)10/h5-8,11H,3-4H2,1-2H3. The number of ether oxygens (including phenoxy) is 2. The summed E-state index contributed by atoms with van der Waals surface area (Å²) in [6.45, 7) is 0. The van der Waals surface area contributed by atoms with Crippen LogP contribution in [0.15, 0.2) is 0 Å². The van der Waals surface area contributed by atoms with E-state index in [-0.39, 0.29) is 11.3 Å². The lowest BCUT2D eigenvalue weighted by Gasteiger charge is -2.50. The number of hydrogen-bond acceptors (Lipinski definition) is 3. The van der Waals surface area contributed by atoms with Gasteiger partial charge < -0.3 is 14.6 Å². The molecule has 0 amide bonds. The third-order valence-corrected chi connectivity index (χ3v) is 4.18. The fraction of sp³-hybridized carbons (Fsp3) is 1.00. The Morgan fingerprint density at radius 3 is 2.46 bits per heavy atom. The average Bonchev–Trinajstić information content (AvgIpc) is 2.33. The molecule has 4 heteroatoms. The minimum atomic E-state index is -0.477. The minimum Gasteiger partial charge on any atom is -0.392 e. The van der Waals surface area contributed by atoms with Crippen molar-refractivity contribution in [2.75, 3.05) is 14.2 Å². The first-order valence-electron chi connectivity index (χ1n) is 4.57. The van der Waals surface area contributed by atoms with Gasteiger partial charge in [-0.05, 0) is 12.3 Å².